The van der Waals surface area contributed by atoms with Crippen molar-refractivity contribution in [2.24, 2.45) is 7.05 Å². The molecule has 30 heavy (non-hydrogen) atoms. The molecule has 2 aromatic carbocycles. The van der Waals surface area contributed by atoms with Crippen LogP contribution in [0.1, 0.15) is 5.56 Å². The van der Waals surface area contributed by atoms with Crippen LogP contribution in [-0.2, 0) is 11.8 Å². The van der Waals surface area contributed by atoms with Gasteiger partial charge in [-0.15, -0.1) is 11.3 Å². The number of nitrogens with one attached hydrogen (secondary N) is 1. The first-order valence-corrected chi connectivity index (χ1v) is 9.83. The van der Waals surface area contributed by atoms with Crippen LogP contribution in [0.5, 0.6) is 17.2 Å². The molecular formula is C22H22N2O5S. The summed E-state index contributed by atoms with van der Waals surface area (Å²) in [5, 5.41) is 2.77. The number of hydrogen-bond donors (Lipinski definition) is 1. The fraction of sp³-hybridized carbons (Fsp3) is 0.182. The molecule has 3 aromatic rings. The molecule has 0 radical (unpaired) electrons. The first kappa shape index (κ1) is 21.2. The van der Waals surface area contributed by atoms with E-state index in [4.69, 9.17) is 14.2 Å². The van der Waals surface area contributed by atoms with Crippen molar-refractivity contribution in [2.45, 2.75) is 0 Å². The summed E-state index contributed by atoms with van der Waals surface area (Å²) in [5.74, 6) is 1.44. The summed E-state index contributed by atoms with van der Waals surface area (Å²) in [5.41, 5.74) is 1.12. The standard InChI is InChI=1S/C22H22N2O5S/c1-24-21(13-20(25)23-17-7-5-6-8-18(17)29-4)30-19(22(24)26)11-14-9-15(27-2)12-16(10-14)28-3/h5-13H,1-4H3,(H,23,25)/b19-11-,21-13-. The largest absolute Gasteiger partial charge is 0.497 e. The highest BCUT2D eigenvalue weighted by Gasteiger charge is 2.07. The van der Waals surface area contributed by atoms with E-state index in [1.807, 2.05) is 6.07 Å². The lowest BCUT2D eigenvalue weighted by Gasteiger charge is -2.07. The van der Waals surface area contributed by atoms with Crippen molar-refractivity contribution < 1.29 is 19.0 Å². The van der Waals surface area contributed by atoms with E-state index < -0.39 is 0 Å². The third-order valence-corrected chi connectivity index (χ3v) is 5.46. The van der Waals surface area contributed by atoms with Gasteiger partial charge >= 0.3 is 0 Å². The van der Waals surface area contributed by atoms with E-state index in [0.29, 0.717) is 32.1 Å². The molecule has 0 saturated carbocycles. The molecule has 1 heterocycles. The van der Waals surface area contributed by atoms with Gasteiger partial charge in [-0.05, 0) is 35.9 Å². The van der Waals surface area contributed by atoms with Crippen LogP contribution < -0.4 is 34.3 Å². The normalized spacial score (nSPS) is 12.0. The predicted octanol–water partition coefficient (Wildman–Crippen LogP) is 1.72. The van der Waals surface area contributed by atoms with Crippen molar-refractivity contribution in [3.8, 4) is 17.2 Å². The Balaban J connectivity index is 1.98. The summed E-state index contributed by atoms with van der Waals surface area (Å²) in [6.07, 6.45) is 3.13. The van der Waals surface area contributed by atoms with E-state index >= 15 is 0 Å². The first-order chi connectivity index (χ1) is 14.4. The number of anilines is 1. The number of para-hydroxylation sites is 2. The lowest BCUT2D eigenvalue weighted by Crippen LogP contribution is -2.29. The number of thiazole rings is 1. The SMILES string of the molecule is COc1cc(/C=c2\s/c(=C\C(=O)Nc3ccccc3OC)n(C)c2=O)cc(OC)c1. The molecule has 1 amide bonds. The molecule has 3 rings (SSSR count). The van der Waals surface area contributed by atoms with Gasteiger partial charge in [0.2, 0.25) is 0 Å². The maximum atomic E-state index is 12.7. The van der Waals surface area contributed by atoms with E-state index in [2.05, 4.69) is 5.32 Å². The molecule has 1 aromatic heterocycles. The molecule has 7 nitrogen and oxygen atoms in total. The highest BCUT2D eigenvalue weighted by molar-refractivity contribution is 7.07. The number of benzene rings is 2. The number of aromatic nitrogens is 1. The monoisotopic (exact) mass is 426 g/mol. The van der Waals surface area contributed by atoms with E-state index in [-0.39, 0.29) is 11.5 Å². The zero-order valence-corrected chi connectivity index (χ0v) is 17.9. The number of carbonyl (C=O) groups excluding carboxylic acids is 1. The van der Waals surface area contributed by atoms with E-state index in [0.717, 1.165) is 5.56 Å². The minimum absolute atomic E-state index is 0.196. The maximum absolute atomic E-state index is 12.7. The van der Waals surface area contributed by atoms with Crippen LogP contribution in [0.4, 0.5) is 5.69 Å². The Morgan fingerprint density at radius 3 is 2.33 bits per heavy atom. The number of methoxy groups -OCH3 is 3. The second kappa shape index (κ2) is 9.32. The van der Waals surface area contributed by atoms with Crippen molar-refractivity contribution in [3.63, 3.8) is 0 Å². The molecule has 0 aliphatic carbocycles. The third kappa shape index (κ3) is 4.72. The summed E-state index contributed by atoms with van der Waals surface area (Å²) in [6.45, 7) is 0. The minimum Gasteiger partial charge on any atom is -0.497 e. The Kier molecular flexibility index (Phi) is 6.58. The molecule has 0 aliphatic heterocycles. The molecule has 8 heteroatoms. The van der Waals surface area contributed by atoms with E-state index in [1.54, 1.807) is 63.7 Å². The van der Waals surface area contributed by atoms with Gasteiger partial charge in [-0.1, -0.05) is 12.1 Å². The lowest BCUT2D eigenvalue weighted by molar-refractivity contribution is -0.110. The Morgan fingerprint density at radius 1 is 1.03 bits per heavy atom. The molecule has 0 atom stereocenters. The highest BCUT2D eigenvalue weighted by Crippen LogP contribution is 2.23. The summed E-state index contributed by atoms with van der Waals surface area (Å²) >= 11 is 1.22. The van der Waals surface area contributed by atoms with Crippen molar-refractivity contribution in [3.05, 3.63) is 67.6 Å². The summed E-state index contributed by atoms with van der Waals surface area (Å²) in [7, 11) is 6.30. The maximum Gasteiger partial charge on any atom is 0.268 e. The zero-order chi connectivity index (χ0) is 21.7. The Bertz CT molecular complexity index is 1220. The lowest BCUT2D eigenvalue weighted by atomic mass is 10.2. The topological polar surface area (TPSA) is 78.8 Å². The highest BCUT2D eigenvalue weighted by atomic mass is 32.1. The van der Waals surface area contributed by atoms with Crippen molar-refractivity contribution >= 4 is 35.1 Å². The van der Waals surface area contributed by atoms with Crippen LogP contribution in [0.15, 0.2) is 47.3 Å². The number of amides is 1. The van der Waals surface area contributed by atoms with Gasteiger partial charge < -0.3 is 24.1 Å². The van der Waals surface area contributed by atoms with Gasteiger partial charge in [-0.2, -0.15) is 0 Å². The second-order valence-corrected chi connectivity index (χ2v) is 7.36. The molecule has 156 valence electrons. The Morgan fingerprint density at radius 2 is 1.70 bits per heavy atom. The van der Waals surface area contributed by atoms with Crippen molar-refractivity contribution in [1.29, 1.82) is 0 Å². The molecule has 0 unspecified atom stereocenters. The molecule has 0 fully saturated rings. The molecule has 0 bridgehead atoms. The minimum atomic E-state index is -0.356. The van der Waals surface area contributed by atoms with Gasteiger partial charge in [0.1, 0.15) is 21.9 Å². The Labute approximate surface area is 177 Å². The fourth-order valence-electron chi connectivity index (χ4n) is 2.80. The van der Waals surface area contributed by atoms with Crippen molar-refractivity contribution in [2.75, 3.05) is 26.6 Å². The van der Waals surface area contributed by atoms with Crippen LogP contribution >= 0.6 is 11.3 Å². The summed E-state index contributed by atoms with van der Waals surface area (Å²) < 4.78 is 18.2. The number of rotatable bonds is 6. The van der Waals surface area contributed by atoms with Gasteiger partial charge in [0.25, 0.3) is 11.5 Å². The van der Waals surface area contributed by atoms with Gasteiger partial charge in [0, 0.05) is 19.2 Å². The van der Waals surface area contributed by atoms with Crippen LogP contribution in [0.25, 0.3) is 12.2 Å². The van der Waals surface area contributed by atoms with Crippen LogP contribution in [0, 0.1) is 0 Å². The van der Waals surface area contributed by atoms with Gasteiger partial charge in [-0.25, -0.2) is 0 Å². The predicted molar refractivity (Wildman–Crippen MR) is 118 cm³/mol. The van der Waals surface area contributed by atoms with Gasteiger partial charge in [-0.3, -0.25) is 9.59 Å². The average molecular weight is 426 g/mol. The zero-order valence-electron chi connectivity index (χ0n) is 17.1. The van der Waals surface area contributed by atoms with Gasteiger partial charge in [0.05, 0.1) is 31.5 Å². The number of carbonyl (C=O) groups is 1. The average Bonchev–Trinajstić information content (AvgIpc) is 3.01. The molecule has 1 N–H and O–H groups in total. The van der Waals surface area contributed by atoms with Crippen LogP contribution in [0.3, 0.4) is 0 Å². The summed E-state index contributed by atoms with van der Waals surface area (Å²) in [4.78, 5) is 25.1. The van der Waals surface area contributed by atoms with Crippen molar-refractivity contribution in [1.82, 2.24) is 4.57 Å². The third-order valence-electron chi connectivity index (χ3n) is 4.35. The Hall–Kier alpha value is -3.52. The molecule has 0 spiro atoms. The number of nitrogens with zero attached hydrogens (tertiary/aromatic N) is 1. The van der Waals surface area contributed by atoms with E-state index in [9.17, 15) is 9.59 Å². The smallest absolute Gasteiger partial charge is 0.268 e. The second-order valence-electron chi connectivity index (χ2n) is 6.29. The quantitative estimate of drug-likeness (QED) is 0.649. The molecule has 0 aliphatic rings. The van der Waals surface area contributed by atoms with E-state index in [1.165, 1.54) is 29.1 Å². The fourth-order valence-corrected chi connectivity index (χ4v) is 3.83. The van der Waals surface area contributed by atoms with Crippen LogP contribution in [0.2, 0.25) is 0 Å². The van der Waals surface area contributed by atoms with Crippen LogP contribution in [-0.4, -0.2) is 31.8 Å². The molecular weight excluding hydrogens is 404 g/mol. The first-order valence-electron chi connectivity index (χ1n) is 9.01. The molecule has 0 saturated heterocycles. The number of ether oxygens (including phenoxy) is 3. The number of hydrogen-bond acceptors (Lipinski definition) is 6. The summed E-state index contributed by atoms with van der Waals surface area (Å²) in [6, 6.07) is 12.5. The van der Waals surface area contributed by atoms with Gasteiger partial charge in [0.15, 0.2) is 0 Å².